The maximum Gasteiger partial charge on any atom is 0.337 e. The smallest absolute Gasteiger partial charge is 0.337 e. The van der Waals surface area contributed by atoms with Crippen LogP contribution in [0.1, 0.15) is 27.3 Å². The maximum atomic E-state index is 13.8. The molecule has 0 unspecified atom stereocenters. The first-order valence-corrected chi connectivity index (χ1v) is 12.5. The van der Waals surface area contributed by atoms with Crippen LogP contribution in [-0.2, 0) is 17.0 Å². The Morgan fingerprint density at radius 3 is 2.56 bits per heavy atom. The third kappa shape index (κ3) is 5.13. The Bertz CT molecular complexity index is 1420. The van der Waals surface area contributed by atoms with E-state index < -0.39 is 0 Å². The van der Waals surface area contributed by atoms with Crippen molar-refractivity contribution in [1.29, 1.82) is 5.41 Å². The topological polar surface area (TPSA) is 93.8 Å². The molecule has 2 aromatic heterocycles. The van der Waals surface area contributed by atoms with Gasteiger partial charge in [0.2, 0.25) is 0 Å². The van der Waals surface area contributed by atoms with Gasteiger partial charge in [0, 0.05) is 5.75 Å². The number of hydrogen-bond donors (Lipinski definition) is 1. The van der Waals surface area contributed by atoms with Gasteiger partial charge >= 0.3 is 5.97 Å². The number of nitrogens with zero attached hydrogens (tertiary/aromatic N) is 4. The molecule has 0 fully saturated rings. The van der Waals surface area contributed by atoms with Gasteiger partial charge in [-0.25, -0.2) is 24.1 Å². The lowest BCUT2D eigenvalue weighted by Gasteiger charge is -2.16. The van der Waals surface area contributed by atoms with E-state index in [2.05, 4.69) is 9.97 Å². The Balaban J connectivity index is 1.75. The van der Waals surface area contributed by atoms with Gasteiger partial charge < -0.3 is 9.30 Å². The third-order valence-electron chi connectivity index (χ3n) is 5.07. The summed E-state index contributed by atoms with van der Waals surface area (Å²) in [7, 11) is 1.35. The number of nitrogens with one attached hydrogen (secondary N) is 1. The van der Waals surface area contributed by atoms with Gasteiger partial charge in [0.05, 0.1) is 24.6 Å². The van der Waals surface area contributed by atoms with Crippen LogP contribution < -0.4 is 5.49 Å². The van der Waals surface area contributed by atoms with Gasteiger partial charge in [-0.3, -0.25) is 5.41 Å². The van der Waals surface area contributed by atoms with Crippen molar-refractivity contribution < 1.29 is 13.9 Å². The van der Waals surface area contributed by atoms with Gasteiger partial charge in [-0.05, 0) is 48.6 Å². The number of rotatable bonds is 7. The number of methoxy groups -OCH3 is 1. The first-order valence-electron chi connectivity index (χ1n) is 10.3. The molecule has 4 rings (SSSR count). The second-order valence-corrected chi connectivity index (χ2v) is 9.15. The van der Waals surface area contributed by atoms with E-state index in [1.807, 2.05) is 24.5 Å². The third-order valence-corrected chi connectivity index (χ3v) is 6.80. The summed E-state index contributed by atoms with van der Waals surface area (Å²) >= 11 is 2.88. The molecule has 0 radical (unpaired) electrons. The highest BCUT2D eigenvalue weighted by Gasteiger charge is 2.16. The molecule has 0 aliphatic carbocycles. The molecule has 34 heavy (non-hydrogen) atoms. The van der Waals surface area contributed by atoms with Crippen molar-refractivity contribution in [3.63, 3.8) is 0 Å². The van der Waals surface area contributed by atoms with Crippen LogP contribution in [-0.4, -0.2) is 38.9 Å². The number of aryl methyl sites for hydroxylation is 1. The Kier molecular flexibility index (Phi) is 7.28. The molecule has 0 atom stereocenters. The molecule has 0 aliphatic heterocycles. The average molecular weight is 496 g/mol. The van der Waals surface area contributed by atoms with Crippen LogP contribution in [0.2, 0.25) is 0 Å². The molecular formula is C24H22FN5O2S2. The molecule has 174 valence electrons. The number of esters is 1. The maximum absolute atomic E-state index is 13.8. The summed E-state index contributed by atoms with van der Waals surface area (Å²) in [5.74, 6) is 0.423. The number of thioether (sulfide) groups is 2. The lowest BCUT2D eigenvalue weighted by atomic mass is 10.1. The lowest BCUT2D eigenvalue weighted by molar-refractivity contribution is 0.0600. The number of aromatic nitrogens is 4. The van der Waals surface area contributed by atoms with E-state index in [1.165, 1.54) is 42.8 Å². The predicted octanol–water partition coefficient (Wildman–Crippen LogP) is 4.60. The first-order chi connectivity index (χ1) is 16.4. The van der Waals surface area contributed by atoms with Gasteiger partial charge in [0.1, 0.15) is 22.2 Å². The summed E-state index contributed by atoms with van der Waals surface area (Å²) in [6.07, 6.45) is 1.90. The summed E-state index contributed by atoms with van der Waals surface area (Å²) in [6, 6.07) is 13.5. The molecule has 7 nitrogen and oxygen atoms in total. The van der Waals surface area contributed by atoms with Gasteiger partial charge in [-0.2, -0.15) is 0 Å². The van der Waals surface area contributed by atoms with Crippen molar-refractivity contribution in [3.05, 3.63) is 82.4 Å². The van der Waals surface area contributed by atoms with Crippen LogP contribution in [0, 0.1) is 18.2 Å². The quantitative estimate of drug-likeness (QED) is 0.173. The minimum absolute atomic E-state index is 0.224. The molecule has 0 bridgehead atoms. The van der Waals surface area contributed by atoms with E-state index in [1.54, 1.807) is 29.7 Å². The van der Waals surface area contributed by atoms with Crippen molar-refractivity contribution in [1.82, 2.24) is 19.5 Å². The highest BCUT2D eigenvalue weighted by Crippen LogP contribution is 2.26. The molecule has 4 aromatic rings. The zero-order chi connectivity index (χ0) is 24.2. The Morgan fingerprint density at radius 2 is 1.88 bits per heavy atom. The van der Waals surface area contributed by atoms with E-state index in [0.29, 0.717) is 38.4 Å². The molecule has 2 heterocycles. The molecule has 0 saturated heterocycles. The normalized spacial score (nSPS) is 11.1. The highest BCUT2D eigenvalue weighted by atomic mass is 32.2. The van der Waals surface area contributed by atoms with Crippen LogP contribution in [0.15, 0.2) is 58.7 Å². The number of benzene rings is 2. The average Bonchev–Trinajstić information content (AvgIpc) is 2.83. The van der Waals surface area contributed by atoms with E-state index in [4.69, 9.17) is 15.1 Å². The lowest BCUT2D eigenvalue weighted by Crippen LogP contribution is -2.25. The highest BCUT2D eigenvalue weighted by molar-refractivity contribution is 7.98. The number of hydrogen-bond acceptors (Lipinski definition) is 8. The molecule has 0 saturated carbocycles. The van der Waals surface area contributed by atoms with Gasteiger partial charge in [0.15, 0.2) is 10.8 Å². The minimum Gasteiger partial charge on any atom is -0.465 e. The van der Waals surface area contributed by atoms with Crippen LogP contribution in [0.4, 0.5) is 4.39 Å². The first kappa shape index (κ1) is 23.9. The molecule has 2 aromatic carbocycles. The summed E-state index contributed by atoms with van der Waals surface area (Å²) in [5, 5.41) is 10.8. The van der Waals surface area contributed by atoms with E-state index in [-0.39, 0.29) is 23.8 Å². The fourth-order valence-electron chi connectivity index (χ4n) is 3.43. The fourth-order valence-corrected chi connectivity index (χ4v) is 4.99. The summed E-state index contributed by atoms with van der Waals surface area (Å²) < 4.78 is 20.3. The minimum atomic E-state index is -0.387. The van der Waals surface area contributed by atoms with Crippen molar-refractivity contribution in [3.8, 4) is 0 Å². The SMILES string of the molecule is COC(=O)c1ccc(CSc2nc3nc(C)nc(SC)c3c(=N)n2Cc2cccc(F)c2)cc1. The second kappa shape index (κ2) is 10.4. The Labute approximate surface area is 204 Å². The van der Waals surface area contributed by atoms with Gasteiger partial charge in [0.25, 0.3) is 0 Å². The van der Waals surface area contributed by atoms with Crippen LogP contribution in [0.25, 0.3) is 11.0 Å². The summed E-state index contributed by atoms with van der Waals surface area (Å²) in [5.41, 5.74) is 2.87. The van der Waals surface area contributed by atoms with E-state index in [0.717, 1.165) is 11.1 Å². The predicted molar refractivity (Wildman–Crippen MR) is 131 cm³/mol. The Morgan fingerprint density at radius 1 is 1.12 bits per heavy atom. The largest absolute Gasteiger partial charge is 0.465 e. The zero-order valence-corrected chi connectivity index (χ0v) is 20.5. The molecule has 1 N–H and O–H groups in total. The van der Waals surface area contributed by atoms with Crippen LogP contribution in [0.3, 0.4) is 0 Å². The number of ether oxygens (including phenoxy) is 1. The van der Waals surface area contributed by atoms with Crippen LogP contribution in [0.5, 0.6) is 0 Å². The van der Waals surface area contributed by atoms with Crippen LogP contribution >= 0.6 is 23.5 Å². The molecule has 10 heteroatoms. The number of fused-ring (bicyclic) bond motifs is 1. The van der Waals surface area contributed by atoms with Gasteiger partial charge in [-0.15, -0.1) is 11.8 Å². The van der Waals surface area contributed by atoms with E-state index >= 15 is 0 Å². The van der Waals surface area contributed by atoms with Crippen molar-refractivity contribution >= 4 is 40.5 Å². The molecule has 0 spiro atoms. The monoisotopic (exact) mass is 495 g/mol. The van der Waals surface area contributed by atoms with Gasteiger partial charge in [-0.1, -0.05) is 36.0 Å². The molecule has 0 amide bonds. The molecular weight excluding hydrogens is 473 g/mol. The number of halogens is 1. The summed E-state index contributed by atoms with van der Waals surface area (Å²) in [4.78, 5) is 25.4. The van der Waals surface area contributed by atoms with E-state index in [9.17, 15) is 9.18 Å². The fraction of sp³-hybridized carbons (Fsp3) is 0.208. The van der Waals surface area contributed by atoms with Crippen molar-refractivity contribution in [2.75, 3.05) is 13.4 Å². The second-order valence-electron chi connectivity index (χ2n) is 7.41. The molecule has 0 aliphatic rings. The zero-order valence-electron chi connectivity index (χ0n) is 18.8. The van der Waals surface area contributed by atoms with Crippen molar-refractivity contribution in [2.45, 2.75) is 29.4 Å². The number of carbonyl (C=O) groups excluding carboxylic acids is 1. The van der Waals surface area contributed by atoms with Crippen molar-refractivity contribution in [2.24, 2.45) is 0 Å². The summed E-state index contributed by atoms with van der Waals surface area (Å²) in [6.45, 7) is 2.08. The number of carbonyl (C=O) groups is 1. The Hall–Kier alpha value is -3.24. The standard InChI is InChI=1S/C24H22FN5O2S2/c1-14-27-21-19(22(28-14)33-3)20(26)30(12-16-5-4-6-18(25)11-16)24(29-21)34-13-15-7-9-17(10-8-15)23(31)32-2/h4-11,26H,12-13H2,1-3H3.